The third-order valence-corrected chi connectivity index (χ3v) is 4.41. The van der Waals surface area contributed by atoms with E-state index in [1.54, 1.807) is 14.2 Å². The smallest absolute Gasteiger partial charge is 0.191 e. The summed E-state index contributed by atoms with van der Waals surface area (Å²) in [5.41, 5.74) is 0.161. The van der Waals surface area contributed by atoms with Crippen LogP contribution >= 0.6 is 0 Å². The number of ether oxygens (including phenoxy) is 1. The molecule has 1 fully saturated rings. The second-order valence-corrected chi connectivity index (χ2v) is 7.27. The fraction of sp³-hybridized carbons (Fsp3) is 0.611. The zero-order chi connectivity index (χ0) is 17.9. The molecule has 24 heavy (non-hydrogen) atoms. The summed E-state index contributed by atoms with van der Waals surface area (Å²) in [6.45, 7) is 6.93. The number of hydrogen-bond donors (Lipinski definition) is 2. The van der Waals surface area contributed by atoms with Crippen molar-refractivity contribution in [3.8, 4) is 0 Å². The third kappa shape index (κ3) is 4.44. The van der Waals surface area contributed by atoms with Gasteiger partial charge in [-0.1, -0.05) is 26.8 Å². The van der Waals surface area contributed by atoms with Crippen LogP contribution in [0.15, 0.2) is 23.2 Å². The van der Waals surface area contributed by atoms with Gasteiger partial charge in [0.25, 0.3) is 0 Å². The number of nitrogens with zero attached hydrogens (tertiary/aromatic N) is 1. The van der Waals surface area contributed by atoms with E-state index in [4.69, 9.17) is 4.74 Å². The largest absolute Gasteiger partial charge is 0.379 e. The van der Waals surface area contributed by atoms with E-state index in [9.17, 15) is 8.78 Å². The fourth-order valence-corrected chi connectivity index (χ4v) is 2.84. The van der Waals surface area contributed by atoms with E-state index in [0.29, 0.717) is 18.9 Å². The van der Waals surface area contributed by atoms with Crippen molar-refractivity contribution in [1.29, 1.82) is 0 Å². The zero-order valence-electron chi connectivity index (χ0n) is 15.0. The van der Waals surface area contributed by atoms with Crippen molar-refractivity contribution in [1.82, 2.24) is 10.6 Å². The van der Waals surface area contributed by atoms with E-state index in [0.717, 1.165) is 0 Å². The molecule has 0 spiro atoms. The molecule has 0 saturated heterocycles. The van der Waals surface area contributed by atoms with Gasteiger partial charge in [-0.15, -0.1) is 0 Å². The zero-order valence-corrected chi connectivity index (χ0v) is 15.0. The van der Waals surface area contributed by atoms with Gasteiger partial charge in [0.1, 0.15) is 11.6 Å². The minimum absolute atomic E-state index is 0.000979. The van der Waals surface area contributed by atoms with Crippen LogP contribution in [-0.4, -0.2) is 38.8 Å². The highest BCUT2D eigenvalue weighted by atomic mass is 19.1. The summed E-state index contributed by atoms with van der Waals surface area (Å²) in [6, 6.07) is 3.97. The lowest BCUT2D eigenvalue weighted by atomic mass is 9.89. The molecule has 2 rings (SSSR count). The summed E-state index contributed by atoms with van der Waals surface area (Å²) in [5.74, 6) is -0.519. The number of rotatable bonds is 5. The average molecular weight is 339 g/mol. The first-order valence-electron chi connectivity index (χ1n) is 8.21. The van der Waals surface area contributed by atoms with E-state index in [2.05, 4.69) is 36.4 Å². The molecule has 134 valence electrons. The topological polar surface area (TPSA) is 45.7 Å². The molecular formula is C18H27F2N3O. The van der Waals surface area contributed by atoms with Crippen LogP contribution in [0, 0.1) is 17.0 Å². The molecule has 1 saturated carbocycles. The van der Waals surface area contributed by atoms with Crippen molar-refractivity contribution in [3.05, 3.63) is 35.4 Å². The molecule has 2 N–H and O–H groups in total. The predicted molar refractivity (Wildman–Crippen MR) is 92.3 cm³/mol. The Bertz CT molecular complexity index is 578. The standard InChI is InChI=1S/C18H27F2N3O/c1-18(2,3)15(24-5)10-22-17(21-4)23-14-9-11(14)16-12(19)7-6-8-13(16)20/h6-8,11,14-15H,9-10H2,1-5H3,(H2,21,22,23). The Balaban J connectivity index is 1.92. The number of hydrogen-bond acceptors (Lipinski definition) is 2. The highest BCUT2D eigenvalue weighted by molar-refractivity contribution is 5.80. The molecular weight excluding hydrogens is 312 g/mol. The Kier molecular flexibility index (Phi) is 5.80. The number of benzene rings is 1. The van der Waals surface area contributed by atoms with Gasteiger partial charge in [0.2, 0.25) is 0 Å². The van der Waals surface area contributed by atoms with E-state index in [1.165, 1.54) is 18.2 Å². The van der Waals surface area contributed by atoms with Gasteiger partial charge in [-0.3, -0.25) is 4.99 Å². The summed E-state index contributed by atoms with van der Waals surface area (Å²) < 4.78 is 33.2. The number of aliphatic imine (C=N–C) groups is 1. The van der Waals surface area contributed by atoms with Crippen molar-refractivity contribution in [2.75, 3.05) is 20.7 Å². The maximum absolute atomic E-state index is 13.8. The number of nitrogens with one attached hydrogen (secondary N) is 2. The van der Waals surface area contributed by atoms with Crippen molar-refractivity contribution >= 4 is 5.96 Å². The highest BCUT2D eigenvalue weighted by Gasteiger charge is 2.42. The highest BCUT2D eigenvalue weighted by Crippen LogP contribution is 2.43. The lowest BCUT2D eigenvalue weighted by molar-refractivity contribution is 0.0205. The van der Waals surface area contributed by atoms with Gasteiger partial charge in [-0.05, 0) is 24.0 Å². The lowest BCUT2D eigenvalue weighted by Gasteiger charge is -2.30. The first-order valence-corrected chi connectivity index (χ1v) is 8.21. The van der Waals surface area contributed by atoms with Crippen LogP contribution in [0.4, 0.5) is 8.78 Å². The normalized spacial score (nSPS) is 22.2. The SMILES string of the molecule is CN=C(NCC(OC)C(C)(C)C)NC1CC1c1c(F)cccc1F. The third-order valence-electron chi connectivity index (χ3n) is 4.41. The van der Waals surface area contributed by atoms with E-state index in [-0.39, 0.29) is 29.0 Å². The average Bonchev–Trinajstić information content (AvgIpc) is 3.24. The molecule has 0 radical (unpaired) electrons. The Labute approximate surface area is 142 Å². The second-order valence-electron chi connectivity index (χ2n) is 7.27. The van der Waals surface area contributed by atoms with E-state index in [1.807, 2.05) is 0 Å². The number of guanidine groups is 1. The minimum atomic E-state index is -0.487. The molecule has 4 nitrogen and oxygen atoms in total. The van der Waals surface area contributed by atoms with Gasteiger partial charge in [-0.2, -0.15) is 0 Å². The van der Waals surface area contributed by atoms with Crippen LogP contribution in [0.25, 0.3) is 0 Å². The Morgan fingerprint density at radius 3 is 2.46 bits per heavy atom. The van der Waals surface area contributed by atoms with Crippen LogP contribution in [0.3, 0.4) is 0 Å². The monoisotopic (exact) mass is 339 g/mol. The van der Waals surface area contributed by atoms with Crippen LogP contribution in [0.5, 0.6) is 0 Å². The molecule has 1 aliphatic rings. The molecule has 6 heteroatoms. The van der Waals surface area contributed by atoms with Crippen molar-refractivity contribution in [2.24, 2.45) is 10.4 Å². The molecule has 1 aromatic carbocycles. The van der Waals surface area contributed by atoms with Crippen molar-refractivity contribution in [3.63, 3.8) is 0 Å². The van der Waals surface area contributed by atoms with Crippen LogP contribution in [0.1, 0.15) is 38.7 Å². The molecule has 3 unspecified atom stereocenters. The molecule has 3 atom stereocenters. The predicted octanol–water partition coefficient (Wildman–Crippen LogP) is 3.05. The lowest BCUT2D eigenvalue weighted by Crippen LogP contribution is -2.46. The molecule has 1 aromatic rings. The van der Waals surface area contributed by atoms with E-state index >= 15 is 0 Å². The summed E-state index contributed by atoms with van der Waals surface area (Å²) in [7, 11) is 3.36. The number of halogens is 2. The maximum Gasteiger partial charge on any atom is 0.191 e. The Morgan fingerprint density at radius 1 is 1.33 bits per heavy atom. The van der Waals surface area contributed by atoms with Gasteiger partial charge in [-0.25, -0.2) is 8.78 Å². The van der Waals surface area contributed by atoms with Crippen LogP contribution in [0.2, 0.25) is 0 Å². The van der Waals surface area contributed by atoms with Crippen LogP contribution < -0.4 is 10.6 Å². The molecule has 0 bridgehead atoms. The summed E-state index contributed by atoms with van der Waals surface area (Å²) >= 11 is 0. The molecule has 0 aromatic heterocycles. The second kappa shape index (κ2) is 7.47. The van der Waals surface area contributed by atoms with Crippen LogP contribution in [-0.2, 0) is 4.74 Å². The molecule has 0 heterocycles. The summed E-state index contributed by atoms with van der Waals surface area (Å²) in [5, 5.41) is 6.45. The van der Waals surface area contributed by atoms with Gasteiger partial charge < -0.3 is 15.4 Å². The summed E-state index contributed by atoms with van der Waals surface area (Å²) in [4.78, 5) is 4.18. The quantitative estimate of drug-likeness (QED) is 0.640. The van der Waals surface area contributed by atoms with Crippen molar-refractivity contribution < 1.29 is 13.5 Å². The first kappa shape index (κ1) is 18.6. The maximum atomic E-state index is 13.8. The van der Waals surface area contributed by atoms with Gasteiger partial charge >= 0.3 is 0 Å². The first-order chi connectivity index (χ1) is 11.3. The molecule has 1 aliphatic carbocycles. The Hall–Kier alpha value is -1.69. The Morgan fingerprint density at radius 2 is 1.96 bits per heavy atom. The minimum Gasteiger partial charge on any atom is -0.379 e. The molecule has 0 aliphatic heterocycles. The van der Waals surface area contributed by atoms with Gasteiger partial charge in [0.15, 0.2) is 5.96 Å². The van der Waals surface area contributed by atoms with Gasteiger partial charge in [0.05, 0.1) is 6.10 Å². The molecule has 0 amide bonds. The fourth-order valence-electron chi connectivity index (χ4n) is 2.84. The number of methoxy groups -OCH3 is 1. The van der Waals surface area contributed by atoms with E-state index < -0.39 is 11.6 Å². The van der Waals surface area contributed by atoms with Gasteiger partial charge in [0, 0.05) is 38.2 Å². The summed E-state index contributed by atoms with van der Waals surface area (Å²) in [6.07, 6.45) is 0.709. The van der Waals surface area contributed by atoms with Crippen molar-refractivity contribution in [2.45, 2.75) is 45.3 Å².